The summed E-state index contributed by atoms with van der Waals surface area (Å²) in [5.41, 5.74) is 1.48. The Bertz CT molecular complexity index is 1000. The Kier molecular flexibility index (Phi) is 6.53. The maximum Gasteiger partial charge on any atom is 0.225 e. The van der Waals surface area contributed by atoms with Crippen molar-refractivity contribution in [3.63, 3.8) is 0 Å². The van der Waals surface area contributed by atoms with Crippen LogP contribution in [0.15, 0.2) is 53.3 Å². The van der Waals surface area contributed by atoms with E-state index in [0.717, 1.165) is 15.6 Å². The van der Waals surface area contributed by atoms with Gasteiger partial charge in [-0.1, -0.05) is 28.1 Å². The Hall–Kier alpha value is -2.87. The molecule has 0 aliphatic rings. The smallest absolute Gasteiger partial charge is 0.225 e. The number of carbonyl (C=O) groups is 1. The Labute approximate surface area is 176 Å². The number of rotatable bonds is 7. The van der Waals surface area contributed by atoms with Crippen LogP contribution in [0.4, 0.5) is 4.39 Å². The van der Waals surface area contributed by atoms with Crippen LogP contribution in [-0.4, -0.2) is 29.7 Å². The Morgan fingerprint density at radius 3 is 2.45 bits per heavy atom. The molecule has 0 saturated heterocycles. The molecule has 0 fully saturated rings. The van der Waals surface area contributed by atoms with Gasteiger partial charge in [-0.2, -0.15) is 0 Å². The quantitative estimate of drug-likeness (QED) is 0.581. The summed E-state index contributed by atoms with van der Waals surface area (Å²) < 4.78 is 26.5. The first-order valence-corrected chi connectivity index (χ1v) is 9.64. The summed E-state index contributed by atoms with van der Waals surface area (Å²) in [6.45, 7) is 0. The monoisotopic (exact) mass is 461 g/mol. The fraction of sp³-hybridized carbons (Fsp3) is 0.238. The standard InChI is InChI=1S/C21H21BrFN3O3/c1-26-9-8-24-21(26)20(13-4-6-15(23)7-5-13)25-19(27)11-14-10-17(28-2)18(29-3)12-16(14)22/h4-10,12,20H,11H2,1-3H3,(H,25,27)/t20-/m0/s1. The molecule has 6 nitrogen and oxygen atoms in total. The van der Waals surface area contributed by atoms with Crippen LogP contribution in [0.3, 0.4) is 0 Å². The first-order valence-electron chi connectivity index (χ1n) is 8.85. The summed E-state index contributed by atoms with van der Waals surface area (Å²) in [5, 5.41) is 3.00. The molecule has 1 atom stereocenters. The lowest BCUT2D eigenvalue weighted by molar-refractivity contribution is -0.121. The lowest BCUT2D eigenvalue weighted by Crippen LogP contribution is -2.32. The number of benzene rings is 2. The molecule has 1 aromatic heterocycles. The molecule has 0 aliphatic heterocycles. The van der Waals surface area contributed by atoms with Crippen LogP contribution in [0.5, 0.6) is 11.5 Å². The van der Waals surface area contributed by atoms with Crippen molar-refractivity contribution in [1.82, 2.24) is 14.9 Å². The number of ether oxygens (including phenoxy) is 2. The molecule has 1 amide bonds. The van der Waals surface area contributed by atoms with Gasteiger partial charge in [0.25, 0.3) is 0 Å². The van der Waals surface area contributed by atoms with Gasteiger partial charge in [-0.25, -0.2) is 9.37 Å². The first-order chi connectivity index (χ1) is 13.9. The number of aryl methyl sites for hydroxylation is 1. The fourth-order valence-corrected chi connectivity index (χ4v) is 3.49. The number of halogens is 2. The van der Waals surface area contributed by atoms with Crippen molar-refractivity contribution in [2.24, 2.45) is 7.05 Å². The van der Waals surface area contributed by atoms with Gasteiger partial charge < -0.3 is 19.4 Å². The zero-order valence-corrected chi connectivity index (χ0v) is 17.9. The van der Waals surface area contributed by atoms with Crippen molar-refractivity contribution in [2.75, 3.05) is 14.2 Å². The van der Waals surface area contributed by atoms with Crippen LogP contribution in [-0.2, 0) is 18.3 Å². The highest BCUT2D eigenvalue weighted by Gasteiger charge is 2.22. The SMILES string of the molecule is COc1cc(Br)c(CC(=O)N[C@@H](c2ccc(F)cc2)c2nccn2C)cc1OC. The molecule has 0 spiro atoms. The van der Waals surface area contributed by atoms with E-state index in [4.69, 9.17) is 9.47 Å². The average Bonchev–Trinajstić information content (AvgIpc) is 3.13. The van der Waals surface area contributed by atoms with E-state index in [9.17, 15) is 9.18 Å². The summed E-state index contributed by atoms with van der Waals surface area (Å²) in [7, 11) is 4.94. The third kappa shape index (κ3) is 4.76. The van der Waals surface area contributed by atoms with Crippen molar-refractivity contribution < 1.29 is 18.7 Å². The molecule has 0 aliphatic carbocycles. The molecule has 8 heteroatoms. The van der Waals surface area contributed by atoms with Gasteiger partial charge in [0.05, 0.1) is 20.6 Å². The zero-order chi connectivity index (χ0) is 21.0. The minimum atomic E-state index is -0.512. The highest BCUT2D eigenvalue weighted by molar-refractivity contribution is 9.10. The van der Waals surface area contributed by atoms with Crippen LogP contribution in [0.1, 0.15) is 23.0 Å². The number of amides is 1. The normalized spacial score (nSPS) is 11.8. The molecular formula is C21H21BrFN3O3. The highest BCUT2D eigenvalue weighted by Crippen LogP contribution is 2.33. The maximum atomic E-state index is 13.4. The van der Waals surface area contributed by atoms with Gasteiger partial charge in [-0.3, -0.25) is 4.79 Å². The molecular weight excluding hydrogens is 441 g/mol. The van der Waals surface area contributed by atoms with E-state index in [2.05, 4.69) is 26.2 Å². The molecule has 152 valence electrons. The molecule has 2 aromatic carbocycles. The largest absolute Gasteiger partial charge is 0.493 e. The molecule has 3 aromatic rings. The maximum absolute atomic E-state index is 13.4. The van der Waals surface area contributed by atoms with Gasteiger partial charge in [0.15, 0.2) is 11.5 Å². The van der Waals surface area contributed by atoms with E-state index in [1.807, 2.05) is 11.6 Å². The Morgan fingerprint density at radius 1 is 1.21 bits per heavy atom. The summed E-state index contributed by atoms with van der Waals surface area (Å²) in [6.07, 6.45) is 3.56. The van der Waals surface area contributed by atoms with E-state index in [-0.39, 0.29) is 18.1 Å². The Morgan fingerprint density at radius 2 is 1.86 bits per heavy atom. The van der Waals surface area contributed by atoms with Crippen molar-refractivity contribution in [2.45, 2.75) is 12.5 Å². The van der Waals surface area contributed by atoms with Gasteiger partial charge in [-0.15, -0.1) is 0 Å². The number of methoxy groups -OCH3 is 2. The van der Waals surface area contributed by atoms with Gasteiger partial charge in [0.1, 0.15) is 17.7 Å². The summed E-state index contributed by atoms with van der Waals surface area (Å²) in [4.78, 5) is 17.2. The molecule has 0 unspecified atom stereocenters. The molecule has 1 heterocycles. The van der Waals surface area contributed by atoms with Crippen LogP contribution >= 0.6 is 15.9 Å². The second-order valence-electron chi connectivity index (χ2n) is 6.42. The topological polar surface area (TPSA) is 65.4 Å². The van der Waals surface area contributed by atoms with E-state index in [1.54, 1.807) is 50.9 Å². The number of nitrogens with one attached hydrogen (secondary N) is 1. The number of carbonyl (C=O) groups excluding carboxylic acids is 1. The van der Waals surface area contributed by atoms with Crippen molar-refractivity contribution >= 4 is 21.8 Å². The summed E-state index contributed by atoms with van der Waals surface area (Å²) in [6, 6.07) is 9.02. The van der Waals surface area contributed by atoms with Gasteiger partial charge in [-0.05, 0) is 35.4 Å². The number of imidazole rings is 1. The highest BCUT2D eigenvalue weighted by atomic mass is 79.9. The molecule has 3 rings (SSSR count). The number of hydrogen-bond donors (Lipinski definition) is 1. The second-order valence-corrected chi connectivity index (χ2v) is 7.28. The number of nitrogens with zero attached hydrogens (tertiary/aromatic N) is 2. The van der Waals surface area contributed by atoms with Gasteiger partial charge >= 0.3 is 0 Å². The lowest BCUT2D eigenvalue weighted by Gasteiger charge is -2.20. The van der Waals surface area contributed by atoms with E-state index in [0.29, 0.717) is 17.3 Å². The molecule has 0 saturated carbocycles. The molecule has 0 bridgehead atoms. The first kappa shape index (κ1) is 20.9. The summed E-state index contributed by atoms with van der Waals surface area (Å²) >= 11 is 3.48. The predicted octanol–water partition coefficient (Wildman–Crippen LogP) is 3.79. The molecule has 0 radical (unpaired) electrons. The van der Waals surface area contributed by atoms with Gasteiger partial charge in [0.2, 0.25) is 5.91 Å². The van der Waals surface area contributed by atoms with E-state index >= 15 is 0 Å². The van der Waals surface area contributed by atoms with Crippen LogP contribution < -0.4 is 14.8 Å². The molecule has 1 N–H and O–H groups in total. The van der Waals surface area contributed by atoms with Crippen LogP contribution in [0, 0.1) is 5.82 Å². The fourth-order valence-electron chi connectivity index (χ4n) is 3.02. The second kappa shape index (κ2) is 9.09. The average molecular weight is 462 g/mol. The van der Waals surface area contributed by atoms with Gasteiger partial charge in [0, 0.05) is 23.9 Å². The number of aromatic nitrogens is 2. The minimum absolute atomic E-state index is 0.114. The third-order valence-corrected chi connectivity index (χ3v) is 5.27. The van der Waals surface area contributed by atoms with Crippen LogP contribution in [0.25, 0.3) is 0 Å². The molecule has 29 heavy (non-hydrogen) atoms. The third-order valence-electron chi connectivity index (χ3n) is 4.53. The van der Waals surface area contributed by atoms with Crippen molar-refractivity contribution in [3.8, 4) is 11.5 Å². The number of hydrogen-bond acceptors (Lipinski definition) is 4. The predicted molar refractivity (Wildman–Crippen MR) is 111 cm³/mol. The Balaban J connectivity index is 1.86. The zero-order valence-electron chi connectivity index (χ0n) is 16.3. The van der Waals surface area contributed by atoms with Crippen molar-refractivity contribution in [1.29, 1.82) is 0 Å². The van der Waals surface area contributed by atoms with Crippen LogP contribution in [0.2, 0.25) is 0 Å². The van der Waals surface area contributed by atoms with Crippen molar-refractivity contribution in [3.05, 3.63) is 76.0 Å². The minimum Gasteiger partial charge on any atom is -0.493 e. The van der Waals surface area contributed by atoms with E-state index < -0.39 is 6.04 Å². The lowest BCUT2D eigenvalue weighted by atomic mass is 10.0. The van der Waals surface area contributed by atoms with E-state index in [1.165, 1.54) is 12.1 Å². The summed E-state index contributed by atoms with van der Waals surface area (Å²) in [5.74, 6) is 1.21.